The third kappa shape index (κ3) is 8.16. The van der Waals surface area contributed by atoms with Crippen LogP contribution in [0.25, 0.3) is 10.4 Å². The number of nitrogens with zero attached hydrogens (tertiary/aromatic N) is 5. The van der Waals surface area contributed by atoms with Gasteiger partial charge in [-0.15, -0.1) is 0 Å². The molecule has 0 saturated carbocycles. The molecule has 0 radical (unpaired) electrons. The van der Waals surface area contributed by atoms with E-state index in [-0.39, 0.29) is 76.4 Å². The van der Waals surface area contributed by atoms with Crippen LogP contribution in [0.1, 0.15) is 56.0 Å². The summed E-state index contributed by atoms with van der Waals surface area (Å²) in [5.41, 5.74) is 8.99. The van der Waals surface area contributed by atoms with Crippen LogP contribution in [0.3, 0.4) is 0 Å². The molecule has 14 heteroatoms. The smallest absolute Gasteiger partial charge is 0.410 e. The lowest BCUT2D eigenvalue weighted by Crippen LogP contribution is -2.52. The number of carbonyl (C=O) groups is 5. The first-order chi connectivity index (χ1) is 18.5. The van der Waals surface area contributed by atoms with Gasteiger partial charge in [0.25, 0.3) is 5.91 Å². The Morgan fingerprint density at radius 2 is 2.00 bits per heavy atom. The van der Waals surface area contributed by atoms with Gasteiger partial charge >= 0.3 is 6.09 Å². The number of hydrogen-bond acceptors (Lipinski definition) is 8. The summed E-state index contributed by atoms with van der Waals surface area (Å²) >= 11 is 0. The topological polar surface area (TPSA) is 183 Å². The third-order valence-corrected chi connectivity index (χ3v) is 6.02. The first-order valence-electron chi connectivity index (χ1n) is 12.6. The van der Waals surface area contributed by atoms with Crippen LogP contribution in [0.15, 0.2) is 23.3 Å². The second-order valence-corrected chi connectivity index (χ2v) is 10.1. The van der Waals surface area contributed by atoms with E-state index in [0.29, 0.717) is 16.8 Å². The summed E-state index contributed by atoms with van der Waals surface area (Å²) in [4.78, 5) is 67.8. The normalized spacial score (nSPS) is 16.7. The first kappa shape index (κ1) is 29.4. The van der Waals surface area contributed by atoms with Crippen molar-refractivity contribution >= 4 is 35.4 Å². The van der Waals surface area contributed by atoms with Crippen molar-refractivity contribution in [3.63, 3.8) is 0 Å². The number of piperidine rings is 1. The fourth-order valence-electron chi connectivity index (χ4n) is 4.20. The standard InChI is InChI=1S/C25H33N7O7/c1-25(2,3)39-24(37)31(12-14-38-13-10-27-30-26)11-9-21(34)28-18-6-4-5-16-17(18)15-32(23(16)36)19-7-8-20(33)29-22(19)35/h4-6,19H,7-15H2,1-3H3,(H,28,34)(H,29,33,35). The molecule has 1 unspecified atom stereocenters. The minimum Gasteiger partial charge on any atom is -0.444 e. The van der Waals surface area contributed by atoms with Crippen molar-refractivity contribution in [2.75, 3.05) is 38.2 Å². The highest BCUT2D eigenvalue weighted by molar-refractivity contribution is 6.06. The van der Waals surface area contributed by atoms with Crippen molar-refractivity contribution in [1.82, 2.24) is 15.1 Å². The molecule has 3 rings (SSSR count). The maximum absolute atomic E-state index is 13.0. The van der Waals surface area contributed by atoms with Crippen LogP contribution in [0.2, 0.25) is 0 Å². The summed E-state index contributed by atoms with van der Waals surface area (Å²) in [6, 6.07) is 4.18. The predicted octanol–water partition coefficient (Wildman–Crippen LogP) is 2.34. The molecule has 1 atom stereocenters. The van der Waals surface area contributed by atoms with Crippen LogP contribution in [0, 0.1) is 0 Å². The molecular weight excluding hydrogens is 510 g/mol. The molecule has 1 aromatic rings. The van der Waals surface area contributed by atoms with Crippen molar-refractivity contribution < 1.29 is 33.4 Å². The Hall–Kier alpha value is -4.16. The zero-order valence-corrected chi connectivity index (χ0v) is 22.3. The molecule has 2 N–H and O–H groups in total. The molecule has 5 amide bonds. The van der Waals surface area contributed by atoms with Crippen molar-refractivity contribution in [3.05, 3.63) is 39.8 Å². The van der Waals surface area contributed by atoms with Crippen LogP contribution in [0.4, 0.5) is 10.5 Å². The highest BCUT2D eigenvalue weighted by Gasteiger charge is 2.40. The van der Waals surface area contributed by atoms with E-state index in [1.807, 2.05) is 0 Å². The number of fused-ring (bicyclic) bond motifs is 1. The lowest BCUT2D eigenvalue weighted by Gasteiger charge is -2.29. The average Bonchev–Trinajstić information content (AvgIpc) is 3.19. The highest BCUT2D eigenvalue weighted by Crippen LogP contribution is 2.32. The zero-order chi connectivity index (χ0) is 28.6. The predicted molar refractivity (Wildman–Crippen MR) is 138 cm³/mol. The van der Waals surface area contributed by atoms with E-state index in [1.165, 1.54) is 9.80 Å². The first-order valence-corrected chi connectivity index (χ1v) is 12.6. The molecule has 0 aliphatic carbocycles. The van der Waals surface area contributed by atoms with Gasteiger partial charge in [-0.2, -0.15) is 0 Å². The minimum atomic E-state index is -0.762. The van der Waals surface area contributed by atoms with Crippen molar-refractivity contribution in [2.24, 2.45) is 5.11 Å². The fraction of sp³-hybridized carbons (Fsp3) is 0.560. The quantitative estimate of drug-likeness (QED) is 0.141. The molecule has 2 aliphatic rings. The number of imide groups is 1. The molecular formula is C25H33N7O7. The Morgan fingerprint density at radius 1 is 1.23 bits per heavy atom. The number of nitrogens with one attached hydrogen (secondary N) is 2. The SMILES string of the molecule is CC(C)(C)OC(=O)N(CCOCCN=[N+]=[N-])CCC(=O)Nc1cccc2c1CN(C1CCC(=O)NC1=O)C2=O. The van der Waals surface area contributed by atoms with E-state index in [2.05, 4.69) is 20.7 Å². The summed E-state index contributed by atoms with van der Waals surface area (Å²) in [6.07, 6.45) is -0.262. The van der Waals surface area contributed by atoms with Gasteiger partial charge in [-0.25, -0.2) is 4.79 Å². The molecule has 39 heavy (non-hydrogen) atoms. The van der Waals surface area contributed by atoms with Crippen molar-refractivity contribution in [2.45, 2.75) is 58.2 Å². The van der Waals surface area contributed by atoms with Gasteiger partial charge in [0.2, 0.25) is 17.7 Å². The number of benzene rings is 1. The zero-order valence-electron chi connectivity index (χ0n) is 22.3. The Kier molecular flexibility index (Phi) is 9.85. The largest absolute Gasteiger partial charge is 0.444 e. The average molecular weight is 544 g/mol. The monoisotopic (exact) mass is 543 g/mol. The molecule has 1 aromatic carbocycles. The second kappa shape index (κ2) is 13.1. The molecule has 210 valence electrons. The fourth-order valence-corrected chi connectivity index (χ4v) is 4.20. The van der Waals surface area contributed by atoms with E-state index >= 15 is 0 Å². The van der Waals surface area contributed by atoms with Crippen molar-refractivity contribution in [1.29, 1.82) is 0 Å². The van der Waals surface area contributed by atoms with Crippen LogP contribution >= 0.6 is 0 Å². The number of ether oxygens (including phenoxy) is 2. The second-order valence-electron chi connectivity index (χ2n) is 10.1. The Labute approximate surface area is 225 Å². The van der Waals surface area contributed by atoms with Crippen LogP contribution in [-0.4, -0.2) is 84.0 Å². The maximum Gasteiger partial charge on any atom is 0.410 e. The van der Waals surface area contributed by atoms with E-state index < -0.39 is 23.6 Å². The number of rotatable bonds is 11. The lowest BCUT2D eigenvalue weighted by molar-refractivity contribution is -0.137. The number of anilines is 1. The van der Waals surface area contributed by atoms with Crippen LogP contribution in [-0.2, 0) is 30.4 Å². The minimum absolute atomic E-state index is 0.0492. The molecule has 0 bridgehead atoms. The molecule has 0 aromatic heterocycles. The summed E-state index contributed by atoms with van der Waals surface area (Å²) in [5, 5.41) is 8.45. The van der Waals surface area contributed by atoms with E-state index in [9.17, 15) is 24.0 Å². The Bertz CT molecular complexity index is 1170. The van der Waals surface area contributed by atoms with Gasteiger partial charge < -0.3 is 24.6 Å². The van der Waals surface area contributed by atoms with Gasteiger partial charge in [-0.05, 0) is 44.9 Å². The maximum atomic E-state index is 13.0. The summed E-state index contributed by atoms with van der Waals surface area (Å²) < 4.78 is 10.8. The van der Waals surface area contributed by atoms with E-state index in [0.717, 1.165) is 0 Å². The number of carbonyl (C=O) groups excluding carboxylic acids is 5. The van der Waals surface area contributed by atoms with Gasteiger partial charge in [-0.1, -0.05) is 11.2 Å². The van der Waals surface area contributed by atoms with Crippen molar-refractivity contribution in [3.8, 4) is 0 Å². The van der Waals surface area contributed by atoms with Gasteiger partial charge in [0, 0.05) is 60.7 Å². The van der Waals surface area contributed by atoms with Gasteiger partial charge in [-0.3, -0.25) is 24.5 Å². The molecule has 2 heterocycles. The van der Waals surface area contributed by atoms with Crippen LogP contribution in [0.5, 0.6) is 0 Å². The summed E-state index contributed by atoms with van der Waals surface area (Å²) in [7, 11) is 0. The number of hydrogen-bond donors (Lipinski definition) is 2. The van der Waals surface area contributed by atoms with E-state index in [4.69, 9.17) is 15.0 Å². The molecule has 2 aliphatic heterocycles. The molecule has 1 saturated heterocycles. The molecule has 14 nitrogen and oxygen atoms in total. The molecule has 0 spiro atoms. The highest BCUT2D eigenvalue weighted by atomic mass is 16.6. The summed E-state index contributed by atoms with van der Waals surface area (Å²) in [5.74, 6) is -1.60. The lowest BCUT2D eigenvalue weighted by atomic mass is 10.0. The van der Waals surface area contributed by atoms with Crippen LogP contribution < -0.4 is 10.6 Å². The third-order valence-electron chi connectivity index (χ3n) is 6.02. The van der Waals surface area contributed by atoms with Gasteiger partial charge in [0.05, 0.1) is 13.2 Å². The number of amides is 5. The summed E-state index contributed by atoms with van der Waals surface area (Å²) in [6.45, 7) is 6.06. The Balaban J connectivity index is 1.61. The van der Waals surface area contributed by atoms with Gasteiger partial charge in [0.1, 0.15) is 11.6 Å². The molecule has 1 fully saturated rings. The Morgan fingerprint density at radius 3 is 2.69 bits per heavy atom. The van der Waals surface area contributed by atoms with E-state index in [1.54, 1.807) is 39.0 Å². The van der Waals surface area contributed by atoms with Gasteiger partial charge in [0.15, 0.2) is 0 Å². The number of azide groups is 1.